The molecule has 2 rings (SSSR count). The first-order valence-electron chi connectivity index (χ1n) is 6.96. The Morgan fingerprint density at radius 1 is 1.15 bits per heavy atom. The highest BCUT2D eigenvalue weighted by Gasteiger charge is 2.42. The highest BCUT2D eigenvalue weighted by molar-refractivity contribution is 8.00. The van der Waals surface area contributed by atoms with Gasteiger partial charge in [0.25, 0.3) is 0 Å². The van der Waals surface area contributed by atoms with Gasteiger partial charge in [0.1, 0.15) is 6.04 Å². The Morgan fingerprint density at radius 2 is 1.70 bits per heavy atom. The Labute approximate surface area is 124 Å². The minimum Gasteiger partial charge on any atom is -0.480 e. The molecular formula is C13H23N3O3S. The van der Waals surface area contributed by atoms with Crippen molar-refractivity contribution in [3.63, 3.8) is 0 Å². The van der Waals surface area contributed by atoms with Gasteiger partial charge in [0.2, 0.25) is 0 Å². The maximum absolute atomic E-state index is 12.7. The molecule has 0 radical (unpaired) electrons. The number of carbonyl (C=O) groups is 2. The van der Waals surface area contributed by atoms with E-state index in [0.29, 0.717) is 18.8 Å². The molecule has 0 saturated carbocycles. The topological polar surface area (TPSA) is 64.1 Å². The van der Waals surface area contributed by atoms with Crippen LogP contribution in [-0.4, -0.2) is 81.2 Å². The number of piperazine rings is 1. The summed E-state index contributed by atoms with van der Waals surface area (Å²) in [5.41, 5.74) is 0. The first-order chi connectivity index (χ1) is 9.32. The number of urea groups is 1. The van der Waals surface area contributed by atoms with Crippen LogP contribution in [0, 0.1) is 0 Å². The molecule has 2 aliphatic heterocycles. The first-order valence-corrected chi connectivity index (χ1v) is 8.01. The van der Waals surface area contributed by atoms with Gasteiger partial charge < -0.3 is 10.0 Å². The van der Waals surface area contributed by atoms with E-state index in [-0.39, 0.29) is 23.5 Å². The normalized spacial score (nSPS) is 35.4. The van der Waals surface area contributed by atoms with Gasteiger partial charge in [-0.05, 0) is 27.8 Å². The molecule has 0 bridgehead atoms. The van der Waals surface area contributed by atoms with Gasteiger partial charge in [-0.2, -0.15) is 0 Å². The summed E-state index contributed by atoms with van der Waals surface area (Å²) >= 11 is 1.52. The van der Waals surface area contributed by atoms with Crippen molar-refractivity contribution in [2.45, 2.75) is 44.3 Å². The Hall–Kier alpha value is -0.950. The fourth-order valence-electron chi connectivity index (χ4n) is 2.85. The number of aliphatic carboxylic acids is 1. The van der Waals surface area contributed by atoms with Crippen molar-refractivity contribution in [3.8, 4) is 0 Å². The molecule has 2 saturated heterocycles. The maximum atomic E-state index is 12.7. The monoisotopic (exact) mass is 301 g/mol. The molecule has 0 aromatic carbocycles. The third-order valence-electron chi connectivity index (χ3n) is 4.36. The number of amides is 2. The van der Waals surface area contributed by atoms with Gasteiger partial charge in [-0.25, -0.2) is 9.59 Å². The van der Waals surface area contributed by atoms with Crippen LogP contribution in [0.1, 0.15) is 20.8 Å². The summed E-state index contributed by atoms with van der Waals surface area (Å²) in [5, 5.41) is 9.19. The molecule has 2 heterocycles. The van der Waals surface area contributed by atoms with Crippen molar-refractivity contribution >= 4 is 23.8 Å². The molecule has 4 atom stereocenters. The van der Waals surface area contributed by atoms with E-state index in [1.807, 2.05) is 6.92 Å². The summed E-state index contributed by atoms with van der Waals surface area (Å²) in [7, 11) is 2.06. The molecule has 0 spiro atoms. The molecule has 2 aliphatic rings. The lowest BCUT2D eigenvalue weighted by Gasteiger charge is -2.44. The number of carboxylic acid groups (broad SMARTS) is 1. The van der Waals surface area contributed by atoms with Crippen LogP contribution >= 0.6 is 11.8 Å². The number of hydrogen-bond donors (Lipinski definition) is 1. The lowest BCUT2D eigenvalue weighted by Crippen LogP contribution is -2.60. The standard InChI is InChI=1S/C13H23N3O3S/c1-8-5-15(6-9(2)14(8)4)13(19)16-10(3)20-7-11(16)12(17)18/h8-11H,5-7H2,1-4H3,(H,17,18). The predicted molar refractivity (Wildman–Crippen MR) is 78.8 cm³/mol. The van der Waals surface area contributed by atoms with Crippen LogP contribution in [0.15, 0.2) is 0 Å². The number of thioether (sulfide) groups is 1. The van der Waals surface area contributed by atoms with Gasteiger partial charge in [-0.15, -0.1) is 11.8 Å². The minimum atomic E-state index is -0.912. The summed E-state index contributed by atoms with van der Waals surface area (Å²) in [4.78, 5) is 29.5. The van der Waals surface area contributed by atoms with E-state index in [0.717, 1.165) is 0 Å². The van der Waals surface area contributed by atoms with Crippen LogP contribution in [0.2, 0.25) is 0 Å². The van der Waals surface area contributed by atoms with Crippen molar-refractivity contribution in [2.75, 3.05) is 25.9 Å². The van der Waals surface area contributed by atoms with Crippen molar-refractivity contribution in [2.24, 2.45) is 0 Å². The Balaban J connectivity index is 2.12. The summed E-state index contributed by atoms with van der Waals surface area (Å²) in [6.07, 6.45) is 0. The molecule has 1 N–H and O–H groups in total. The zero-order chi connectivity index (χ0) is 15.0. The Morgan fingerprint density at radius 3 is 2.20 bits per heavy atom. The highest BCUT2D eigenvalue weighted by Crippen LogP contribution is 2.30. The average Bonchev–Trinajstić information content (AvgIpc) is 2.76. The van der Waals surface area contributed by atoms with Crippen LogP contribution in [0.4, 0.5) is 4.79 Å². The van der Waals surface area contributed by atoms with E-state index >= 15 is 0 Å². The van der Waals surface area contributed by atoms with Gasteiger partial charge in [-0.1, -0.05) is 0 Å². The van der Waals surface area contributed by atoms with Crippen LogP contribution in [-0.2, 0) is 4.79 Å². The highest BCUT2D eigenvalue weighted by atomic mass is 32.2. The van der Waals surface area contributed by atoms with Crippen LogP contribution < -0.4 is 0 Å². The minimum absolute atomic E-state index is 0.0751. The molecular weight excluding hydrogens is 278 g/mol. The molecule has 0 aromatic heterocycles. The number of likely N-dealkylation sites (N-methyl/N-ethyl adjacent to an activating group) is 1. The van der Waals surface area contributed by atoms with Crippen molar-refractivity contribution < 1.29 is 14.7 Å². The number of hydrogen-bond acceptors (Lipinski definition) is 4. The van der Waals surface area contributed by atoms with Crippen molar-refractivity contribution in [1.82, 2.24) is 14.7 Å². The molecule has 4 unspecified atom stereocenters. The number of carbonyl (C=O) groups excluding carboxylic acids is 1. The third kappa shape index (κ3) is 2.74. The second-order valence-electron chi connectivity index (χ2n) is 5.75. The van der Waals surface area contributed by atoms with Crippen LogP contribution in [0.25, 0.3) is 0 Å². The Kier molecular flexibility index (Phi) is 4.49. The lowest BCUT2D eigenvalue weighted by molar-refractivity contribution is -0.141. The SMILES string of the molecule is CC1CN(C(=O)N2C(C)SCC2C(=O)O)CC(C)N1C. The van der Waals surface area contributed by atoms with Crippen LogP contribution in [0.5, 0.6) is 0 Å². The second-order valence-corrected chi connectivity index (χ2v) is 7.09. The number of carboxylic acids is 1. The molecule has 20 heavy (non-hydrogen) atoms. The lowest BCUT2D eigenvalue weighted by atomic mass is 10.1. The molecule has 0 aliphatic carbocycles. The van der Waals surface area contributed by atoms with Gasteiger partial charge in [0.05, 0.1) is 5.37 Å². The van der Waals surface area contributed by atoms with E-state index in [2.05, 4.69) is 25.8 Å². The molecule has 2 fully saturated rings. The molecule has 6 nitrogen and oxygen atoms in total. The maximum Gasteiger partial charge on any atom is 0.327 e. The van der Waals surface area contributed by atoms with Crippen LogP contribution in [0.3, 0.4) is 0 Å². The van der Waals surface area contributed by atoms with E-state index in [9.17, 15) is 14.7 Å². The zero-order valence-corrected chi connectivity index (χ0v) is 13.3. The van der Waals surface area contributed by atoms with E-state index in [1.54, 1.807) is 4.90 Å². The smallest absolute Gasteiger partial charge is 0.327 e. The van der Waals surface area contributed by atoms with Gasteiger partial charge in [-0.3, -0.25) is 9.80 Å². The largest absolute Gasteiger partial charge is 0.480 e. The molecule has 2 amide bonds. The second kappa shape index (κ2) is 5.81. The van der Waals surface area contributed by atoms with Gasteiger partial charge >= 0.3 is 12.0 Å². The summed E-state index contributed by atoms with van der Waals surface area (Å²) in [5.74, 6) is -0.438. The number of rotatable bonds is 1. The predicted octanol–water partition coefficient (Wildman–Crippen LogP) is 0.979. The van der Waals surface area contributed by atoms with Gasteiger partial charge in [0.15, 0.2) is 0 Å². The number of nitrogens with zero attached hydrogens (tertiary/aromatic N) is 3. The summed E-state index contributed by atoms with van der Waals surface area (Å²) < 4.78 is 0. The Bertz CT molecular complexity index is 394. The first kappa shape index (κ1) is 15.4. The fourth-order valence-corrected chi connectivity index (χ4v) is 4.01. The average molecular weight is 301 g/mol. The van der Waals surface area contributed by atoms with Crippen molar-refractivity contribution in [1.29, 1.82) is 0 Å². The molecule has 0 aromatic rings. The third-order valence-corrected chi connectivity index (χ3v) is 5.58. The van der Waals surface area contributed by atoms with E-state index < -0.39 is 12.0 Å². The quantitative estimate of drug-likeness (QED) is 0.782. The van der Waals surface area contributed by atoms with Crippen molar-refractivity contribution in [3.05, 3.63) is 0 Å². The molecule has 7 heteroatoms. The van der Waals surface area contributed by atoms with E-state index in [1.165, 1.54) is 16.7 Å². The van der Waals surface area contributed by atoms with Gasteiger partial charge in [0, 0.05) is 30.9 Å². The zero-order valence-electron chi connectivity index (χ0n) is 12.4. The molecule has 114 valence electrons. The van der Waals surface area contributed by atoms with E-state index in [4.69, 9.17) is 0 Å². The summed E-state index contributed by atoms with van der Waals surface area (Å²) in [6.45, 7) is 7.38. The summed E-state index contributed by atoms with van der Waals surface area (Å²) in [6, 6.07) is -0.262. The fraction of sp³-hybridized carbons (Fsp3) is 0.846.